The minimum Gasteiger partial charge on any atom is -0.482 e. The maximum atomic E-state index is 12.1. The van der Waals surface area contributed by atoms with E-state index >= 15 is 0 Å². The van der Waals surface area contributed by atoms with Crippen LogP contribution in [0.25, 0.3) is 0 Å². The third kappa shape index (κ3) is 4.40. The number of carbonyl (C=O) groups excluding carboxylic acids is 2. The van der Waals surface area contributed by atoms with Crippen molar-refractivity contribution in [1.29, 1.82) is 0 Å². The highest BCUT2D eigenvalue weighted by atomic mass is 35.5. The molecule has 5 nitrogen and oxygen atoms in total. The molecule has 21 heavy (non-hydrogen) atoms. The zero-order valence-electron chi connectivity index (χ0n) is 11.0. The Morgan fingerprint density at radius 2 is 1.95 bits per heavy atom. The molecule has 1 N–H and O–H groups in total. The minimum atomic E-state index is -0.283. The van der Waals surface area contributed by atoms with Gasteiger partial charge in [0.1, 0.15) is 5.75 Å². The van der Waals surface area contributed by atoms with Crippen molar-refractivity contribution in [2.75, 3.05) is 26.2 Å². The van der Waals surface area contributed by atoms with Crippen molar-refractivity contribution in [2.45, 2.75) is 6.42 Å². The van der Waals surface area contributed by atoms with Gasteiger partial charge in [-0.15, -0.1) is 0 Å². The van der Waals surface area contributed by atoms with Crippen LogP contribution in [0.1, 0.15) is 6.42 Å². The fraction of sp³-hybridized carbons (Fsp3) is 0.385. The Labute approximate surface area is 137 Å². The molecule has 0 aliphatic carbocycles. The maximum absolute atomic E-state index is 12.1. The zero-order valence-corrected chi connectivity index (χ0v) is 13.3. The number of amides is 2. The highest BCUT2D eigenvalue weighted by Crippen LogP contribution is 2.33. The van der Waals surface area contributed by atoms with Crippen LogP contribution in [0.5, 0.6) is 5.75 Å². The highest BCUT2D eigenvalue weighted by molar-refractivity contribution is 6.43. The van der Waals surface area contributed by atoms with E-state index in [0.29, 0.717) is 24.5 Å². The molecule has 1 aromatic carbocycles. The Hall–Kier alpha value is -1.17. The molecule has 8 heteroatoms. The highest BCUT2D eigenvalue weighted by Gasteiger charge is 2.20. The smallest absolute Gasteiger partial charge is 0.260 e. The summed E-state index contributed by atoms with van der Waals surface area (Å²) in [5.74, 6) is -0.179. The molecular weight excluding hydrogens is 339 g/mol. The largest absolute Gasteiger partial charge is 0.482 e. The van der Waals surface area contributed by atoms with Crippen LogP contribution in [0.15, 0.2) is 12.1 Å². The van der Waals surface area contributed by atoms with Gasteiger partial charge in [0.2, 0.25) is 5.91 Å². The summed E-state index contributed by atoms with van der Waals surface area (Å²) in [6.07, 6.45) is 0.713. The molecule has 2 rings (SSSR count). The lowest BCUT2D eigenvalue weighted by Gasteiger charge is -2.19. The van der Waals surface area contributed by atoms with Crippen molar-refractivity contribution < 1.29 is 14.3 Å². The number of halogens is 3. The van der Waals surface area contributed by atoms with Crippen LogP contribution in [0.2, 0.25) is 15.1 Å². The molecule has 1 heterocycles. The Balaban J connectivity index is 1.97. The normalized spacial score (nSPS) is 15.4. The second-order valence-corrected chi connectivity index (χ2v) is 5.73. The molecule has 1 aliphatic rings. The summed E-state index contributed by atoms with van der Waals surface area (Å²) in [6.45, 7) is 0.903. The average Bonchev–Trinajstić information content (AvgIpc) is 2.65. The molecule has 1 aliphatic heterocycles. The number of hydrogen-bond acceptors (Lipinski definition) is 3. The summed E-state index contributed by atoms with van der Waals surface area (Å²) >= 11 is 17.6. The fourth-order valence-electron chi connectivity index (χ4n) is 1.86. The van der Waals surface area contributed by atoms with E-state index in [1.165, 1.54) is 17.0 Å². The monoisotopic (exact) mass is 350 g/mol. The van der Waals surface area contributed by atoms with Crippen LogP contribution in [0.3, 0.4) is 0 Å². The molecule has 0 bridgehead atoms. The van der Waals surface area contributed by atoms with Gasteiger partial charge in [0.15, 0.2) is 6.61 Å². The van der Waals surface area contributed by atoms with Crippen LogP contribution in [0.4, 0.5) is 0 Å². The molecular formula is C13H13Cl3N2O3. The first kappa shape index (κ1) is 16.2. The van der Waals surface area contributed by atoms with Crippen molar-refractivity contribution in [3.05, 3.63) is 27.2 Å². The van der Waals surface area contributed by atoms with Crippen LogP contribution in [0, 0.1) is 0 Å². The molecule has 0 unspecified atom stereocenters. The maximum Gasteiger partial charge on any atom is 0.260 e. The lowest BCUT2D eigenvalue weighted by molar-refractivity contribution is -0.136. The quantitative estimate of drug-likeness (QED) is 0.851. The Morgan fingerprint density at radius 3 is 2.71 bits per heavy atom. The first-order valence-electron chi connectivity index (χ1n) is 6.29. The van der Waals surface area contributed by atoms with Crippen LogP contribution < -0.4 is 10.1 Å². The van der Waals surface area contributed by atoms with E-state index in [0.717, 1.165) is 0 Å². The zero-order chi connectivity index (χ0) is 15.4. The van der Waals surface area contributed by atoms with Crippen LogP contribution in [-0.2, 0) is 9.59 Å². The number of carbonyl (C=O) groups is 2. The number of nitrogens with one attached hydrogen (secondary N) is 1. The van der Waals surface area contributed by atoms with E-state index < -0.39 is 0 Å². The lowest BCUT2D eigenvalue weighted by Crippen LogP contribution is -2.39. The first-order valence-corrected chi connectivity index (χ1v) is 7.42. The third-order valence-corrected chi connectivity index (χ3v) is 3.96. The summed E-state index contributed by atoms with van der Waals surface area (Å²) in [5, 5.41) is 3.57. The van der Waals surface area contributed by atoms with Gasteiger partial charge >= 0.3 is 0 Å². The molecule has 0 saturated carbocycles. The van der Waals surface area contributed by atoms with Crippen molar-refractivity contribution in [3.8, 4) is 5.75 Å². The van der Waals surface area contributed by atoms with Gasteiger partial charge in [-0.05, 0) is 12.5 Å². The number of benzene rings is 1. The number of ether oxygens (including phenoxy) is 1. The minimum absolute atomic E-state index is 0.0390. The van der Waals surface area contributed by atoms with Crippen molar-refractivity contribution in [2.24, 2.45) is 0 Å². The van der Waals surface area contributed by atoms with Gasteiger partial charge in [0.05, 0.1) is 21.6 Å². The fourth-order valence-corrected chi connectivity index (χ4v) is 2.46. The second-order valence-electron chi connectivity index (χ2n) is 4.50. The predicted molar refractivity (Wildman–Crippen MR) is 81.2 cm³/mol. The SMILES string of the molecule is O=C1CN(C(=O)COc2cc(Cl)c(Cl)cc2Cl)CCCN1. The van der Waals surface area contributed by atoms with E-state index in [1.54, 1.807) is 0 Å². The number of hydrogen-bond donors (Lipinski definition) is 1. The molecule has 0 atom stereocenters. The predicted octanol–water partition coefficient (Wildman–Crippen LogP) is 2.37. The summed E-state index contributed by atoms with van der Waals surface area (Å²) < 4.78 is 5.37. The summed E-state index contributed by atoms with van der Waals surface area (Å²) in [4.78, 5) is 24.9. The van der Waals surface area contributed by atoms with Gasteiger partial charge in [0.25, 0.3) is 5.91 Å². The van der Waals surface area contributed by atoms with Crippen molar-refractivity contribution in [1.82, 2.24) is 10.2 Å². The molecule has 1 aromatic rings. The van der Waals surface area contributed by atoms with Gasteiger partial charge in [-0.1, -0.05) is 34.8 Å². The molecule has 1 fully saturated rings. The van der Waals surface area contributed by atoms with Crippen LogP contribution in [-0.4, -0.2) is 43.0 Å². The Bertz CT molecular complexity index is 566. The summed E-state index contributed by atoms with van der Waals surface area (Å²) in [5.41, 5.74) is 0. The van der Waals surface area contributed by atoms with E-state index in [2.05, 4.69) is 5.32 Å². The summed E-state index contributed by atoms with van der Waals surface area (Å²) in [6, 6.07) is 2.90. The topological polar surface area (TPSA) is 58.6 Å². The van der Waals surface area contributed by atoms with Gasteiger partial charge in [0, 0.05) is 19.2 Å². The van der Waals surface area contributed by atoms with Gasteiger partial charge in [-0.2, -0.15) is 0 Å². The Kier molecular flexibility index (Phi) is 5.56. The van der Waals surface area contributed by atoms with E-state index in [9.17, 15) is 9.59 Å². The molecule has 1 saturated heterocycles. The molecule has 2 amide bonds. The van der Waals surface area contributed by atoms with Crippen LogP contribution >= 0.6 is 34.8 Å². The number of nitrogens with zero attached hydrogens (tertiary/aromatic N) is 1. The van der Waals surface area contributed by atoms with E-state index in [1.807, 2.05) is 0 Å². The average molecular weight is 352 g/mol. The van der Waals surface area contributed by atoms with E-state index in [4.69, 9.17) is 39.5 Å². The second kappa shape index (κ2) is 7.20. The summed E-state index contributed by atoms with van der Waals surface area (Å²) in [7, 11) is 0. The van der Waals surface area contributed by atoms with Gasteiger partial charge in [-0.25, -0.2) is 0 Å². The number of rotatable bonds is 3. The first-order chi connectivity index (χ1) is 9.97. The Morgan fingerprint density at radius 1 is 1.24 bits per heavy atom. The van der Waals surface area contributed by atoms with Gasteiger partial charge < -0.3 is 15.0 Å². The van der Waals surface area contributed by atoms with Crippen molar-refractivity contribution >= 4 is 46.6 Å². The molecule has 114 valence electrons. The molecule has 0 spiro atoms. The van der Waals surface area contributed by atoms with Crippen molar-refractivity contribution in [3.63, 3.8) is 0 Å². The molecule has 0 radical (unpaired) electrons. The van der Waals surface area contributed by atoms with E-state index in [-0.39, 0.29) is 40.8 Å². The van der Waals surface area contributed by atoms with Gasteiger partial charge in [-0.3, -0.25) is 9.59 Å². The molecule has 0 aromatic heterocycles. The lowest BCUT2D eigenvalue weighted by atomic mass is 10.3. The standard InChI is InChI=1S/C13H13Cl3N2O3/c14-8-4-10(16)11(5-9(8)15)21-7-13(20)18-3-1-2-17-12(19)6-18/h4-5H,1-3,6-7H2,(H,17,19). The third-order valence-electron chi connectivity index (χ3n) is 2.94.